The number of hydrogen-bond acceptors (Lipinski definition) is 7. The second-order valence-electron chi connectivity index (χ2n) is 7.86. The van der Waals surface area contributed by atoms with E-state index in [1.165, 1.54) is 5.56 Å². The molecule has 0 saturated carbocycles. The van der Waals surface area contributed by atoms with Gasteiger partial charge in [0.15, 0.2) is 5.82 Å². The molecule has 0 aliphatic carbocycles. The third kappa shape index (κ3) is 4.66. The van der Waals surface area contributed by atoms with Crippen molar-refractivity contribution in [3.8, 4) is 11.5 Å². The molecule has 0 spiro atoms. The molecule has 0 atom stereocenters. The molecule has 0 radical (unpaired) electrons. The van der Waals surface area contributed by atoms with Gasteiger partial charge in [0.1, 0.15) is 5.69 Å². The van der Waals surface area contributed by atoms with Gasteiger partial charge in [-0.2, -0.15) is 0 Å². The van der Waals surface area contributed by atoms with Crippen molar-refractivity contribution in [1.82, 2.24) is 30.2 Å². The Morgan fingerprint density at radius 2 is 1.76 bits per heavy atom. The minimum absolute atomic E-state index is 0.0583. The van der Waals surface area contributed by atoms with E-state index < -0.39 is 0 Å². The summed E-state index contributed by atoms with van der Waals surface area (Å²) in [4.78, 5) is 36.6. The molecule has 5 rings (SSSR count). The van der Waals surface area contributed by atoms with E-state index in [0.717, 1.165) is 16.8 Å². The summed E-state index contributed by atoms with van der Waals surface area (Å²) >= 11 is 0. The van der Waals surface area contributed by atoms with Gasteiger partial charge in [-0.3, -0.25) is 9.78 Å². The van der Waals surface area contributed by atoms with E-state index in [2.05, 4.69) is 30.2 Å². The number of anilines is 1. The lowest BCUT2D eigenvalue weighted by Crippen LogP contribution is -2.22. The van der Waals surface area contributed by atoms with Gasteiger partial charge in [-0.1, -0.05) is 12.1 Å². The fraction of sp³-hybridized carbons (Fsp3) is 0.154. The quantitative estimate of drug-likeness (QED) is 0.479. The van der Waals surface area contributed by atoms with Crippen molar-refractivity contribution in [2.45, 2.75) is 20.0 Å². The minimum Gasteiger partial charge on any atom is -0.352 e. The summed E-state index contributed by atoms with van der Waals surface area (Å²) in [7, 11) is 0. The van der Waals surface area contributed by atoms with Crippen molar-refractivity contribution in [2.24, 2.45) is 0 Å². The Labute approximate surface area is 197 Å². The van der Waals surface area contributed by atoms with E-state index in [9.17, 15) is 4.79 Å². The molecule has 1 aliphatic rings. The molecule has 1 aromatic carbocycles. The molecule has 1 N–H and O–H groups in total. The molecular formula is C26H23N7O. The largest absolute Gasteiger partial charge is 0.352 e. The number of nitrogens with one attached hydrogen (secondary N) is 1. The molecule has 1 amide bonds. The van der Waals surface area contributed by atoms with E-state index in [0.29, 0.717) is 42.7 Å². The molecular weight excluding hydrogens is 426 g/mol. The van der Waals surface area contributed by atoms with Crippen LogP contribution in [-0.2, 0) is 13.1 Å². The molecule has 0 unspecified atom stereocenters. The standard InChI is InChI=1S/C26H23N7O/c1-2-28-25(34)19-4-5-20-16-33(17-21(20)15-19)26-30-14-10-23(32-26)24-29-13-9-22(31-24)6-3-18-7-11-27-12-8-18/h3-15H,2,16-17H2,1H3,(H,28,34)/b6-3+. The van der Waals surface area contributed by atoms with Crippen LogP contribution < -0.4 is 10.2 Å². The number of benzene rings is 1. The maximum atomic E-state index is 12.2. The number of carbonyl (C=O) groups is 1. The second kappa shape index (κ2) is 9.58. The minimum atomic E-state index is -0.0583. The second-order valence-corrected chi connectivity index (χ2v) is 7.86. The highest BCUT2D eigenvalue weighted by atomic mass is 16.1. The lowest BCUT2D eigenvalue weighted by molar-refractivity contribution is 0.0955. The number of fused-ring (bicyclic) bond motifs is 1. The zero-order valence-corrected chi connectivity index (χ0v) is 18.7. The van der Waals surface area contributed by atoms with Gasteiger partial charge in [0.05, 0.1) is 5.69 Å². The van der Waals surface area contributed by atoms with Crippen molar-refractivity contribution in [3.63, 3.8) is 0 Å². The van der Waals surface area contributed by atoms with Crippen LogP contribution in [0.4, 0.5) is 5.95 Å². The van der Waals surface area contributed by atoms with Gasteiger partial charge in [0.25, 0.3) is 5.91 Å². The Bertz CT molecular complexity index is 1350. The van der Waals surface area contributed by atoms with Crippen LogP contribution in [0.2, 0.25) is 0 Å². The van der Waals surface area contributed by atoms with Crippen molar-refractivity contribution < 1.29 is 4.79 Å². The van der Waals surface area contributed by atoms with Gasteiger partial charge in [0, 0.05) is 50.0 Å². The van der Waals surface area contributed by atoms with E-state index >= 15 is 0 Å². The summed E-state index contributed by atoms with van der Waals surface area (Å²) in [5.74, 6) is 1.09. The van der Waals surface area contributed by atoms with E-state index in [4.69, 9.17) is 4.98 Å². The maximum absolute atomic E-state index is 12.2. The molecule has 4 heterocycles. The number of amides is 1. The first-order valence-corrected chi connectivity index (χ1v) is 11.1. The first-order chi connectivity index (χ1) is 16.7. The van der Waals surface area contributed by atoms with Crippen LogP contribution in [-0.4, -0.2) is 37.4 Å². The van der Waals surface area contributed by atoms with Crippen LogP contribution in [0.3, 0.4) is 0 Å². The number of nitrogens with zero attached hydrogens (tertiary/aromatic N) is 6. The van der Waals surface area contributed by atoms with Crippen LogP contribution in [0, 0.1) is 0 Å². The number of rotatable bonds is 6. The fourth-order valence-electron chi connectivity index (χ4n) is 3.81. The van der Waals surface area contributed by atoms with Crippen LogP contribution in [0.25, 0.3) is 23.7 Å². The van der Waals surface area contributed by atoms with Gasteiger partial charge in [-0.15, -0.1) is 0 Å². The predicted octanol–water partition coefficient (Wildman–Crippen LogP) is 3.77. The Morgan fingerprint density at radius 3 is 2.62 bits per heavy atom. The zero-order chi connectivity index (χ0) is 23.3. The van der Waals surface area contributed by atoms with Crippen molar-refractivity contribution >= 4 is 24.0 Å². The molecule has 3 aromatic heterocycles. The summed E-state index contributed by atoms with van der Waals surface area (Å²) < 4.78 is 0. The topological polar surface area (TPSA) is 96.8 Å². The Balaban J connectivity index is 1.35. The number of aromatic nitrogens is 5. The monoisotopic (exact) mass is 449 g/mol. The van der Waals surface area contributed by atoms with Gasteiger partial charge >= 0.3 is 0 Å². The third-order valence-corrected chi connectivity index (χ3v) is 5.51. The highest BCUT2D eigenvalue weighted by Gasteiger charge is 2.23. The zero-order valence-electron chi connectivity index (χ0n) is 18.7. The molecule has 168 valence electrons. The SMILES string of the molecule is CCNC(=O)c1ccc2c(c1)CN(c1nccc(-c3nccc(/C=C/c4ccncc4)n3)n1)C2. The lowest BCUT2D eigenvalue weighted by atomic mass is 10.1. The van der Waals surface area contributed by atoms with Crippen LogP contribution >= 0.6 is 0 Å². The van der Waals surface area contributed by atoms with E-state index in [1.54, 1.807) is 24.8 Å². The molecule has 0 saturated heterocycles. The predicted molar refractivity (Wildman–Crippen MR) is 131 cm³/mol. The van der Waals surface area contributed by atoms with E-state index in [-0.39, 0.29) is 5.91 Å². The molecule has 8 heteroatoms. The molecule has 4 aromatic rings. The first-order valence-electron chi connectivity index (χ1n) is 11.1. The summed E-state index contributed by atoms with van der Waals surface area (Å²) in [5, 5.41) is 2.85. The fourth-order valence-corrected chi connectivity index (χ4v) is 3.81. The molecule has 0 fully saturated rings. The molecule has 34 heavy (non-hydrogen) atoms. The van der Waals surface area contributed by atoms with Gasteiger partial charge in [-0.05, 0) is 66.1 Å². The number of carbonyl (C=O) groups excluding carboxylic acids is 1. The van der Waals surface area contributed by atoms with Crippen LogP contribution in [0.1, 0.15) is 39.7 Å². The van der Waals surface area contributed by atoms with Gasteiger partial charge in [-0.25, -0.2) is 19.9 Å². The van der Waals surface area contributed by atoms with Crippen molar-refractivity contribution in [1.29, 1.82) is 0 Å². The van der Waals surface area contributed by atoms with Crippen LogP contribution in [0.5, 0.6) is 0 Å². The van der Waals surface area contributed by atoms with E-state index in [1.807, 2.05) is 61.5 Å². The summed E-state index contributed by atoms with van der Waals surface area (Å²) in [5.41, 5.74) is 5.43. The summed E-state index contributed by atoms with van der Waals surface area (Å²) in [6.07, 6.45) is 10.9. The maximum Gasteiger partial charge on any atom is 0.251 e. The first kappa shape index (κ1) is 21.4. The highest BCUT2D eigenvalue weighted by Crippen LogP contribution is 2.27. The third-order valence-electron chi connectivity index (χ3n) is 5.51. The summed E-state index contributed by atoms with van der Waals surface area (Å²) in [6, 6.07) is 13.4. The summed E-state index contributed by atoms with van der Waals surface area (Å²) in [6.45, 7) is 3.84. The Kier molecular flexibility index (Phi) is 6.03. The van der Waals surface area contributed by atoms with Crippen molar-refractivity contribution in [2.75, 3.05) is 11.4 Å². The molecule has 0 bridgehead atoms. The number of pyridine rings is 1. The number of hydrogen-bond donors (Lipinski definition) is 1. The Morgan fingerprint density at radius 1 is 0.941 bits per heavy atom. The van der Waals surface area contributed by atoms with Crippen LogP contribution in [0.15, 0.2) is 67.3 Å². The van der Waals surface area contributed by atoms with Gasteiger partial charge in [0.2, 0.25) is 5.95 Å². The average Bonchev–Trinajstić information content (AvgIpc) is 3.32. The molecule has 8 nitrogen and oxygen atoms in total. The van der Waals surface area contributed by atoms with Gasteiger partial charge < -0.3 is 10.2 Å². The highest BCUT2D eigenvalue weighted by molar-refractivity contribution is 5.94. The van der Waals surface area contributed by atoms with Crippen molar-refractivity contribution in [3.05, 3.63) is 95.2 Å². The Hall–Kier alpha value is -4.46. The average molecular weight is 450 g/mol. The molecule has 1 aliphatic heterocycles. The lowest BCUT2D eigenvalue weighted by Gasteiger charge is -2.15. The normalized spacial score (nSPS) is 12.7. The smallest absolute Gasteiger partial charge is 0.251 e.